The standard InChI is InChI=1S/C14H14N2O5/c1-20-13(18)8-3-5-9(6-4-8)16-7-10(14(19)21-2)11(15)12(16)17/h3-6H,7,15H2,1-2H3. The van der Waals surface area contributed by atoms with Gasteiger partial charge in [-0.15, -0.1) is 0 Å². The average molecular weight is 290 g/mol. The van der Waals surface area contributed by atoms with E-state index in [0.29, 0.717) is 11.3 Å². The second-order valence-electron chi connectivity index (χ2n) is 4.31. The topological polar surface area (TPSA) is 98.9 Å². The van der Waals surface area contributed by atoms with E-state index in [1.807, 2.05) is 0 Å². The molecule has 0 atom stereocenters. The summed E-state index contributed by atoms with van der Waals surface area (Å²) in [4.78, 5) is 36.3. The second-order valence-corrected chi connectivity index (χ2v) is 4.31. The van der Waals surface area contributed by atoms with Crippen LogP contribution in [0.4, 0.5) is 5.69 Å². The molecule has 0 radical (unpaired) electrons. The third-order valence-corrected chi connectivity index (χ3v) is 3.15. The van der Waals surface area contributed by atoms with E-state index in [1.54, 1.807) is 12.1 Å². The molecule has 0 unspecified atom stereocenters. The van der Waals surface area contributed by atoms with Gasteiger partial charge in [-0.3, -0.25) is 4.79 Å². The van der Waals surface area contributed by atoms with Gasteiger partial charge in [-0.1, -0.05) is 0 Å². The van der Waals surface area contributed by atoms with E-state index < -0.39 is 17.8 Å². The molecule has 1 aromatic rings. The van der Waals surface area contributed by atoms with Crippen LogP contribution in [0.5, 0.6) is 0 Å². The summed E-state index contributed by atoms with van der Waals surface area (Å²) < 4.78 is 9.18. The predicted octanol–water partition coefficient (Wildman–Crippen LogP) is 0.206. The third kappa shape index (κ3) is 2.58. The van der Waals surface area contributed by atoms with Gasteiger partial charge in [0.1, 0.15) is 5.70 Å². The van der Waals surface area contributed by atoms with Gasteiger partial charge in [0, 0.05) is 5.69 Å². The lowest BCUT2D eigenvalue weighted by molar-refractivity contribution is -0.136. The number of carbonyl (C=O) groups excluding carboxylic acids is 3. The molecule has 1 heterocycles. The second kappa shape index (κ2) is 5.66. The maximum atomic E-state index is 12.1. The Morgan fingerprint density at radius 3 is 2.19 bits per heavy atom. The van der Waals surface area contributed by atoms with Crippen molar-refractivity contribution in [3.63, 3.8) is 0 Å². The molecule has 2 N–H and O–H groups in total. The molecular formula is C14H14N2O5. The zero-order chi connectivity index (χ0) is 15.6. The van der Waals surface area contributed by atoms with Crippen molar-refractivity contribution in [1.29, 1.82) is 0 Å². The van der Waals surface area contributed by atoms with E-state index in [4.69, 9.17) is 5.73 Å². The van der Waals surface area contributed by atoms with Crippen molar-refractivity contribution in [1.82, 2.24) is 0 Å². The molecule has 0 bridgehead atoms. The Kier molecular flexibility index (Phi) is 3.93. The molecule has 1 aromatic carbocycles. The Morgan fingerprint density at radius 1 is 1.10 bits per heavy atom. The number of hydrogen-bond donors (Lipinski definition) is 1. The molecule has 21 heavy (non-hydrogen) atoms. The third-order valence-electron chi connectivity index (χ3n) is 3.15. The summed E-state index contributed by atoms with van der Waals surface area (Å²) in [5, 5.41) is 0. The number of esters is 2. The summed E-state index contributed by atoms with van der Waals surface area (Å²) in [6.07, 6.45) is 0. The molecule has 1 aliphatic heterocycles. The normalized spacial score (nSPS) is 14.4. The van der Waals surface area contributed by atoms with Crippen molar-refractivity contribution in [2.75, 3.05) is 25.7 Å². The quantitative estimate of drug-likeness (QED) is 0.799. The summed E-state index contributed by atoms with van der Waals surface area (Å²) in [6, 6.07) is 6.22. The van der Waals surface area contributed by atoms with Crippen molar-refractivity contribution in [3.8, 4) is 0 Å². The van der Waals surface area contributed by atoms with Crippen LogP contribution in [0.1, 0.15) is 10.4 Å². The van der Waals surface area contributed by atoms with Crippen molar-refractivity contribution in [2.45, 2.75) is 0 Å². The van der Waals surface area contributed by atoms with E-state index >= 15 is 0 Å². The monoisotopic (exact) mass is 290 g/mol. The summed E-state index contributed by atoms with van der Waals surface area (Å²) in [5.41, 5.74) is 6.52. The van der Waals surface area contributed by atoms with Crippen molar-refractivity contribution >= 4 is 23.5 Å². The molecule has 7 heteroatoms. The summed E-state index contributed by atoms with van der Waals surface area (Å²) in [6.45, 7) is 0.0366. The van der Waals surface area contributed by atoms with Gasteiger partial charge in [-0.2, -0.15) is 0 Å². The van der Waals surface area contributed by atoms with Gasteiger partial charge in [0.25, 0.3) is 5.91 Å². The number of carbonyl (C=O) groups is 3. The van der Waals surface area contributed by atoms with E-state index in [-0.39, 0.29) is 17.8 Å². The number of amides is 1. The van der Waals surface area contributed by atoms with E-state index in [2.05, 4.69) is 9.47 Å². The Labute approximate surface area is 120 Å². The van der Waals surface area contributed by atoms with Gasteiger partial charge in [-0.05, 0) is 24.3 Å². The van der Waals surface area contributed by atoms with Gasteiger partial charge < -0.3 is 20.1 Å². The maximum absolute atomic E-state index is 12.1. The highest BCUT2D eigenvalue weighted by Gasteiger charge is 2.33. The average Bonchev–Trinajstić information content (AvgIpc) is 2.82. The zero-order valence-electron chi connectivity index (χ0n) is 11.6. The molecule has 7 nitrogen and oxygen atoms in total. The van der Waals surface area contributed by atoms with E-state index in [9.17, 15) is 14.4 Å². The predicted molar refractivity (Wildman–Crippen MR) is 73.4 cm³/mol. The minimum Gasteiger partial charge on any atom is -0.466 e. The molecule has 110 valence electrons. The molecule has 0 fully saturated rings. The number of nitrogens with two attached hydrogens (primary N) is 1. The number of nitrogens with zero attached hydrogens (tertiary/aromatic N) is 1. The Bertz CT molecular complexity index is 633. The first-order chi connectivity index (χ1) is 9.99. The molecule has 0 aliphatic carbocycles. The fourth-order valence-corrected chi connectivity index (χ4v) is 1.99. The van der Waals surface area contributed by atoms with Crippen LogP contribution in [0.3, 0.4) is 0 Å². The highest BCUT2D eigenvalue weighted by Crippen LogP contribution is 2.24. The lowest BCUT2D eigenvalue weighted by atomic mass is 10.2. The first kappa shape index (κ1) is 14.6. The van der Waals surface area contributed by atoms with Crippen LogP contribution in [0.2, 0.25) is 0 Å². The Morgan fingerprint density at radius 2 is 1.67 bits per heavy atom. The molecule has 0 saturated heterocycles. The number of ether oxygens (including phenoxy) is 2. The van der Waals surface area contributed by atoms with Crippen LogP contribution in [-0.2, 0) is 19.1 Å². The number of anilines is 1. The molecular weight excluding hydrogens is 276 g/mol. The molecule has 2 rings (SSSR count). The summed E-state index contributed by atoms with van der Waals surface area (Å²) in [7, 11) is 2.51. The van der Waals surface area contributed by atoms with Crippen LogP contribution in [0.15, 0.2) is 35.5 Å². The largest absolute Gasteiger partial charge is 0.466 e. The summed E-state index contributed by atoms with van der Waals surface area (Å²) in [5.74, 6) is -1.57. The number of rotatable bonds is 3. The molecule has 0 spiro atoms. The minimum atomic E-state index is -0.630. The van der Waals surface area contributed by atoms with Gasteiger partial charge in [-0.25, -0.2) is 9.59 Å². The molecule has 1 amide bonds. The lowest BCUT2D eigenvalue weighted by Gasteiger charge is -2.16. The van der Waals surface area contributed by atoms with Crippen molar-refractivity contribution < 1.29 is 23.9 Å². The van der Waals surface area contributed by atoms with Gasteiger partial charge in [0.15, 0.2) is 0 Å². The van der Waals surface area contributed by atoms with Crippen LogP contribution in [-0.4, -0.2) is 38.6 Å². The smallest absolute Gasteiger partial charge is 0.337 e. The first-order valence-electron chi connectivity index (χ1n) is 6.06. The maximum Gasteiger partial charge on any atom is 0.337 e. The van der Waals surface area contributed by atoms with Crippen molar-refractivity contribution in [3.05, 3.63) is 41.1 Å². The molecule has 0 saturated carbocycles. The molecule has 1 aliphatic rings. The SMILES string of the molecule is COC(=O)C1=C(N)C(=O)N(c2ccc(C(=O)OC)cc2)C1. The van der Waals surface area contributed by atoms with Crippen LogP contribution in [0.25, 0.3) is 0 Å². The first-order valence-corrected chi connectivity index (χ1v) is 6.06. The van der Waals surface area contributed by atoms with E-state index in [1.165, 1.54) is 31.3 Å². The number of benzene rings is 1. The van der Waals surface area contributed by atoms with Gasteiger partial charge in [0.2, 0.25) is 0 Å². The van der Waals surface area contributed by atoms with Gasteiger partial charge in [0.05, 0.1) is 31.9 Å². The molecule has 0 aromatic heterocycles. The highest BCUT2D eigenvalue weighted by molar-refractivity contribution is 6.14. The van der Waals surface area contributed by atoms with Crippen LogP contribution in [0, 0.1) is 0 Å². The Hall–Kier alpha value is -2.83. The Balaban J connectivity index is 2.23. The van der Waals surface area contributed by atoms with Crippen LogP contribution < -0.4 is 10.6 Å². The van der Waals surface area contributed by atoms with Crippen LogP contribution >= 0.6 is 0 Å². The summed E-state index contributed by atoms with van der Waals surface area (Å²) >= 11 is 0. The highest BCUT2D eigenvalue weighted by atomic mass is 16.5. The minimum absolute atomic E-state index is 0.0366. The van der Waals surface area contributed by atoms with E-state index in [0.717, 1.165) is 0 Å². The lowest BCUT2D eigenvalue weighted by Crippen LogP contribution is -2.28. The zero-order valence-corrected chi connectivity index (χ0v) is 11.6. The number of methoxy groups -OCH3 is 2. The van der Waals surface area contributed by atoms with Crippen molar-refractivity contribution in [2.24, 2.45) is 5.73 Å². The fraction of sp³-hybridized carbons (Fsp3) is 0.214. The van der Waals surface area contributed by atoms with Gasteiger partial charge >= 0.3 is 11.9 Å². The fourth-order valence-electron chi connectivity index (χ4n) is 1.99. The number of hydrogen-bond acceptors (Lipinski definition) is 6.